The third kappa shape index (κ3) is 5.72. The van der Waals surface area contributed by atoms with Gasteiger partial charge in [-0.15, -0.1) is 11.3 Å². The maximum atomic E-state index is 13.9. The van der Waals surface area contributed by atoms with Crippen molar-refractivity contribution in [1.29, 1.82) is 0 Å². The fourth-order valence-corrected chi connectivity index (χ4v) is 3.43. The topological polar surface area (TPSA) is 72.5 Å². The number of carbonyl (C=O) groups is 1. The lowest BCUT2D eigenvalue weighted by Gasteiger charge is -2.09. The summed E-state index contributed by atoms with van der Waals surface area (Å²) in [5.74, 6) is -0.0867. The number of carbonyl (C=O) groups excluding carboxylic acids is 1. The quantitative estimate of drug-likeness (QED) is 0.571. The molecule has 0 aliphatic rings. The second-order valence-electron chi connectivity index (χ2n) is 5.99. The third-order valence-electron chi connectivity index (χ3n) is 3.78. The highest BCUT2D eigenvalue weighted by atomic mass is 32.1. The number of anilines is 1. The van der Waals surface area contributed by atoms with Crippen molar-refractivity contribution in [1.82, 2.24) is 10.3 Å². The summed E-state index contributed by atoms with van der Waals surface area (Å²) in [6.07, 6.45) is 0. The van der Waals surface area contributed by atoms with Crippen LogP contribution in [0.15, 0.2) is 47.8 Å². The fourth-order valence-electron chi connectivity index (χ4n) is 2.43. The summed E-state index contributed by atoms with van der Waals surface area (Å²) >= 11 is 6.42. The van der Waals surface area contributed by atoms with Crippen molar-refractivity contribution in [2.45, 2.75) is 6.92 Å². The van der Waals surface area contributed by atoms with E-state index in [0.717, 1.165) is 5.56 Å². The Morgan fingerprint density at radius 2 is 2.10 bits per heavy atom. The van der Waals surface area contributed by atoms with Crippen LogP contribution in [0.5, 0.6) is 11.5 Å². The number of benzene rings is 2. The number of aryl methyl sites for hydroxylation is 1. The van der Waals surface area contributed by atoms with Crippen LogP contribution >= 0.6 is 23.6 Å². The van der Waals surface area contributed by atoms with Crippen molar-refractivity contribution < 1.29 is 18.7 Å². The second-order valence-corrected chi connectivity index (χ2v) is 7.26. The first kappa shape index (κ1) is 20.7. The number of ether oxygens (including phenoxy) is 2. The molecule has 0 aliphatic carbocycles. The Morgan fingerprint density at radius 3 is 2.83 bits per heavy atom. The van der Waals surface area contributed by atoms with Crippen molar-refractivity contribution in [3.63, 3.8) is 0 Å². The minimum absolute atomic E-state index is 0.102. The molecule has 0 atom stereocenters. The van der Waals surface area contributed by atoms with Gasteiger partial charge >= 0.3 is 0 Å². The van der Waals surface area contributed by atoms with E-state index in [9.17, 15) is 9.18 Å². The monoisotopic (exact) mass is 431 g/mol. The Balaban J connectivity index is 1.53. The Morgan fingerprint density at radius 1 is 1.28 bits per heavy atom. The number of nitrogens with zero attached hydrogens (tertiary/aromatic N) is 1. The molecule has 0 unspecified atom stereocenters. The number of thiazole rings is 1. The van der Waals surface area contributed by atoms with Gasteiger partial charge < -0.3 is 14.8 Å². The lowest BCUT2D eigenvalue weighted by molar-refractivity contribution is -0.121. The molecule has 0 saturated carbocycles. The van der Waals surface area contributed by atoms with E-state index in [4.69, 9.17) is 21.7 Å². The second kappa shape index (κ2) is 9.44. The predicted octanol–water partition coefficient (Wildman–Crippen LogP) is 4.16. The van der Waals surface area contributed by atoms with Crippen LogP contribution in [0, 0.1) is 12.7 Å². The van der Waals surface area contributed by atoms with E-state index in [1.54, 1.807) is 17.5 Å². The van der Waals surface area contributed by atoms with Crippen molar-refractivity contribution in [3.8, 4) is 22.8 Å². The Kier molecular flexibility index (Phi) is 6.73. The van der Waals surface area contributed by atoms with Crippen LogP contribution < -0.4 is 20.1 Å². The number of amides is 1. The van der Waals surface area contributed by atoms with Gasteiger partial charge in [-0.2, -0.15) is 0 Å². The molecule has 0 aliphatic heterocycles. The van der Waals surface area contributed by atoms with Gasteiger partial charge in [0.05, 0.1) is 12.8 Å². The lowest BCUT2D eigenvalue weighted by Crippen LogP contribution is -2.37. The SMILES string of the molecule is COc1ccc(-c2csc(NC(=S)NC(=O)COc3cccc(C)c3)n2)cc1F. The molecule has 0 saturated heterocycles. The zero-order valence-electron chi connectivity index (χ0n) is 15.7. The summed E-state index contributed by atoms with van der Waals surface area (Å²) in [6, 6.07) is 12.0. The number of rotatable bonds is 6. The zero-order valence-corrected chi connectivity index (χ0v) is 17.3. The molecule has 1 heterocycles. The first-order valence-electron chi connectivity index (χ1n) is 8.54. The number of thiocarbonyl (C=S) groups is 1. The van der Waals surface area contributed by atoms with Crippen LogP contribution in [0.3, 0.4) is 0 Å². The van der Waals surface area contributed by atoms with Crippen LogP contribution in [0.25, 0.3) is 11.3 Å². The number of halogens is 1. The molecule has 0 fully saturated rings. The van der Waals surface area contributed by atoms with Crippen LogP contribution in [0.2, 0.25) is 0 Å². The summed E-state index contributed by atoms with van der Waals surface area (Å²) in [6.45, 7) is 1.77. The number of hydrogen-bond donors (Lipinski definition) is 2. The standard InChI is InChI=1S/C20H18FN3O3S2/c1-12-4-3-5-14(8-12)27-10-18(25)23-19(28)24-20-22-16(11-29-20)13-6-7-17(26-2)15(21)9-13/h3-9,11H,10H2,1-2H3,(H2,22,23,24,25,28). The van der Waals surface area contributed by atoms with Gasteiger partial charge in [-0.1, -0.05) is 12.1 Å². The summed E-state index contributed by atoms with van der Waals surface area (Å²) in [7, 11) is 1.41. The highest BCUT2D eigenvalue weighted by Crippen LogP contribution is 2.28. The molecule has 1 aromatic heterocycles. The highest BCUT2D eigenvalue weighted by Gasteiger charge is 2.11. The van der Waals surface area contributed by atoms with Gasteiger partial charge in [0.15, 0.2) is 28.4 Å². The predicted molar refractivity (Wildman–Crippen MR) is 115 cm³/mol. The van der Waals surface area contributed by atoms with E-state index in [0.29, 0.717) is 22.1 Å². The molecule has 3 rings (SSSR count). The van der Waals surface area contributed by atoms with E-state index in [1.807, 2.05) is 25.1 Å². The first-order valence-corrected chi connectivity index (χ1v) is 9.83. The number of aromatic nitrogens is 1. The van der Waals surface area contributed by atoms with E-state index in [-0.39, 0.29) is 17.5 Å². The van der Waals surface area contributed by atoms with Crippen LogP contribution in [-0.2, 0) is 4.79 Å². The average molecular weight is 432 g/mol. The van der Waals surface area contributed by atoms with Crippen LogP contribution in [0.1, 0.15) is 5.56 Å². The maximum Gasteiger partial charge on any atom is 0.264 e. The van der Waals surface area contributed by atoms with Gasteiger partial charge in [-0.25, -0.2) is 9.37 Å². The normalized spacial score (nSPS) is 10.3. The first-order chi connectivity index (χ1) is 13.9. The van der Waals surface area contributed by atoms with Gasteiger partial charge in [-0.05, 0) is 55.0 Å². The van der Waals surface area contributed by atoms with Crippen LogP contribution in [0.4, 0.5) is 9.52 Å². The summed E-state index contributed by atoms with van der Waals surface area (Å²) in [5.41, 5.74) is 2.22. The fraction of sp³-hybridized carbons (Fsp3) is 0.150. The van der Waals surface area contributed by atoms with Gasteiger partial charge in [-0.3, -0.25) is 10.1 Å². The van der Waals surface area contributed by atoms with Gasteiger partial charge in [0.1, 0.15) is 5.75 Å². The lowest BCUT2D eigenvalue weighted by atomic mass is 10.1. The molecule has 0 radical (unpaired) electrons. The van der Waals surface area contributed by atoms with E-state index in [2.05, 4.69) is 15.6 Å². The van der Waals surface area contributed by atoms with Crippen molar-refractivity contribution >= 4 is 39.7 Å². The third-order valence-corrected chi connectivity index (χ3v) is 4.75. The minimum Gasteiger partial charge on any atom is -0.494 e. The van der Waals surface area contributed by atoms with Crippen LogP contribution in [-0.4, -0.2) is 29.7 Å². The number of nitrogens with one attached hydrogen (secondary N) is 2. The van der Waals surface area contributed by atoms with Crippen molar-refractivity contribution in [2.24, 2.45) is 0 Å². The smallest absolute Gasteiger partial charge is 0.264 e. The summed E-state index contributed by atoms with van der Waals surface area (Å²) in [5, 5.41) is 7.71. The number of methoxy groups -OCH3 is 1. The maximum absolute atomic E-state index is 13.9. The zero-order chi connectivity index (χ0) is 20.8. The van der Waals surface area contributed by atoms with Crippen molar-refractivity contribution in [3.05, 3.63) is 59.2 Å². The van der Waals surface area contributed by atoms with E-state index in [1.165, 1.54) is 30.6 Å². The molecule has 9 heteroatoms. The van der Waals surface area contributed by atoms with Gasteiger partial charge in [0.25, 0.3) is 5.91 Å². The summed E-state index contributed by atoms with van der Waals surface area (Å²) in [4.78, 5) is 16.3. The van der Waals surface area contributed by atoms with E-state index < -0.39 is 11.7 Å². The Hall–Kier alpha value is -3.04. The Labute approximate surface area is 176 Å². The molecular weight excluding hydrogens is 413 g/mol. The molecule has 1 amide bonds. The molecule has 0 bridgehead atoms. The highest BCUT2D eigenvalue weighted by molar-refractivity contribution is 7.80. The summed E-state index contributed by atoms with van der Waals surface area (Å²) < 4.78 is 24.2. The van der Waals surface area contributed by atoms with E-state index >= 15 is 0 Å². The molecule has 3 aromatic rings. The molecule has 6 nitrogen and oxygen atoms in total. The van der Waals surface area contributed by atoms with Gasteiger partial charge in [0, 0.05) is 10.9 Å². The molecular formula is C20H18FN3O3S2. The molecule has 0 spiro atoms. The minimum atomic E-state index is -0.469. The molecule has 2 N–H and O–H groups in total. The average Bonchev–Trinajstić information content (AvgIpc) is 3.14. The molecule has 29 heavy (non-hydrogen) atoms. The molecule has 150 valence electrons. The van der Waals surface area contributed by atoms with Gasteiger partial charge in [0.2, 0.25) is 0 Å². The largest absolute Gasteiger partial charge is 0.494 e. The van der Waals surface area contributed by atoms with Crippen molar-refractivity contribution in [2.75, 3.05) is 19.0 Å². The Bertz CT molecular complexity index is 1040. The number of hydrogen-bond acceptors (Lipinski definition) is 6. The molecule has 2 aromatic carbocycles.